The smallest absolute Gasteiger partial charge is 0.277 e. The predicted molar refractivity (Wildman–Crippen MR) is 95.7 cm³/mol. The summed E-state index contributed by atoms with van der Waals surface area (Å²) in [5, 5.41) is 8.33. The van der Waals surface area contributed by atoms with E-state index in [1.54, 1.807) is 0 Å². The zero-order chi connectivity index (χ0) is 17.6. The molecule has 2 heterocycles. The summed E-state index contributed by atoms with van der Waals surface area (Å²) in [6.07, 6.45) is 2.19. The summed E-state index contributed by atoms with van der Waals surface area (Å²) < 4.78 is 11.2. The molecule has 1 saturated heterocycles. The van der Waals surface area contributed by atoms with E-state index >= 15 is 0 Å². The van der Waals surface area contributed by atoms with Gasteiger partial charge in [-0.15, -0.1) is 10.2 Å². The number of nitrogens with zero attached hydrogens (tertiary/aromatic N) is 3. The van der Waals surface area contributed by atoms with Crippen molar-refractivity contribution in [1.29, 1.82) is 0 Å². The second-order valence-corrected chi connectivity index (χ2v) is 7.28. The van der Waals surface area contributed by atoms with Crippen molar-refractivity contribution in [2.24, 2.45) is 0 Å². The quantitative estimate of drug-likeness (QED) is 0.703. The van der Waals surface area contributed by atoms with Crippen molar-refractivity contribution in [2.75, 3.05) is 18.8 Å². The van der Waals surface area contributed by atoms with Gasteiger partial charge in [-0.05, 0) is 36.5 Å². The molecule has 0 spiro atoms. The highest BCUT2D eigenvalue weighted by Gasteiger charge is 2.19. The first-order valence-corrected chi connectivity index (χ1v) is 9.56. The summed E-state index contributed by atoms with van der Waals surface area (Å²) in [6, 6.07) is 7.99. The van der Waals surface area contributed by atoms with Crippen molar-refractivity contribution in [3.05, 3.63) is 35.7 Å². The van der Waals surface area contributed by atoms with Crippen molar-refractivity contribution < 1.29 is 13.9 Å². The van der Waals surface area contributed by atoms with Crippen LogP contribution in [0.4, 0.5) is 0 Å². The van der Waals surface area contributed by atoms with E-state index in [0.717, 1.165) is 31.7 Å². The zero-order valence-corrected chi connectivity index (χ0v) is 15.4. The van der Waals surface area contributed by atoms with Gasteiger partial charge in [-0.25, -0.2) is 0 Å². The summed E-state index contributed by atoms with van der Waals surface area (Å²) in [4.78, 5) is 13.9. The van der Waals surface area contributed by atoms with Gasteiger partial charge < -0.3 is 14.1 Å². The molecule has 1 aliphatic rings. The second-order valence-electron chi connectivity index (χ2n) is 6.35. The Kier molecular flexibility index (Phi) is 5.96. The molecule has 2 aromatic rings. The lowest BCUT2D eigenvalue weighted by molar-refractivity contribution is -0.127. The Morgan fingerprint density at radius 3 is 2.64 bits per heavy atom. The molecule has 25 heavy (non-hydrogen) atoms. The number of likely N-dealkylation sites (tertiary alicyclic amines) is 1. The summed E-state index contributed by atoms with van der Waals surface area (Å²) in [5.74, 6) is 2.13. The number of ether oxygens (including phenoxy) is 1. The van der Waals surface area contributed by atoms with Crippen LogP contribution in [-0.4, -0.2) is 39.8 Å². The Morgan fingerprint density at radius 1 is 1.24 bits per heavy atom. The first kappa shape index (κ1) is 17.8. The van der Waals surface area contributed by atoms with Crippen LogP contribution in [0.1, 0.15) is 44.1 Å². The minimum absolute atomic E-state index is 0.128. The van der Waals surface area contributed by atoms with Crippen LogP contribution in [0.2, 0.25) is 0 Å². The highest BCUT2D eigenvalue weighted by atomic mass is 32.2. The van der Waals surface area contributed by atoms with Crippen LogP contribution in [0, 0.1) is 0 Å². The third kappa shape index (κ3) is 4.98. The number of aromatic nitrogens is 2. The average Bonchev–Trinajstić information content (AvgIpc) is 3.30. The van der Waals surface area contributed by atoms with Gasteiger partial charge in [0.05, 0.1) is 5.75 Å². The van der Waals surface area contributed by atoms with Gasteiger partial charge in [-0.2, -0.15) is 0 Å². The van der Waals surface area contributed by atoms with Crippen LogP contribution >= 0.6 is 11.8 Å². The Labute approximate surface area is 151 Å². The fourth-order valence-electron chi connectivity index (χ4n) is 2.63. The van der Waals surface area contributed by atoms with E-state index in [1.807, 2.05) is 17.0 Å². The largest absolute Gasteiger partial charge is 0.484 e. The number of hydrogen-bond acceptors (Lipinski definition) is 6. The molecule has 1 aliphatic heterocycles. The summed E-state index contributed by atoms with van der Waals surface area (Å²) in [7, 11) is 0. The molecule has 0 saturated carbocycles. The Balaban J connectivity index is 1.45. The molecule has 0 radical (unpaired) electrons. The number of amides is 1. The number of benzene rings is 1. The summed E-state index contributed by atoms with van der Waals surface area (Å²) in [5.41, 5.74) is 1.27. The highest BCUT2D eigenvalue weighted by Crippen LogP contribution is 2.21. The molecular formula is C18H23N3O3S. The maximum absolute atomic E-state index is 12.0. The molecule has 1 aromatic carbocycles. The van der Waals surface area contributed by atoms with Gasteiger partial charge in [-0.3, -0.25) is 4.79 Å². The Morgan fingerprint density at radius 2 is 1.96 bits per heavy atom. The van der Waals surface area contributed by atoms with Gasteiger partial charge in [0, 0.05) is 13.1 Å². The van der Waals surface area contributed by atoms with Crippen molar-refractivity contribution in [3.63, 3.8) is 0 Å². The third-order valence-corrected chi connectivity index (χ3v) is 4.94. The molecule has 0 unspecified atom stereocenters. The molecule has 1 aromatic heterocycles. The lowest BCUT2D eigenvalue weighted by Gasteiger charge is -2.13. The van der Waals surface area contributed by atoms with E-state index in [-0.39, 0.29) is 12.5 Å². The fraction of sp³-hybridized carbons (Fsp3) is 0.500. The fourth-order valence-corrected chi connectivity index (χ4v) is 3.31. The molecular weight excluding hydrogens is 338 g/mol. The number of carbonyl (C=O) groups is 1. The third-order valence-electron chi connectivity index (χ3n) is 4.14. The summed E-state index contributed by atoms with van der Waals surface area (Å²) >= 11 is 1.28. The molecule has 0 aliphatic carbocycles. The Bertz CT molecular complexity index is 694. The molecule has 1 amide bonds. The van der Waals surface area contributed by atoms with Gasteiger partial charge in [0.1, 0.15) is 5.75 Å². The van der Waals surface area contributed by atoms with Crippen LogP contribution in [0.3, 0.4) is 0 Å². The Hall–Kier alpha value is -2.02. The predicted octanol–water partition coefficient (Wildman–Crippen LogP) is 3.49. The maximum atomic E-state index is 12.0. The van der Waals surface area contributed by atoms with Gasteiger partial charge in [0.15, 0.2) is 6.61 Å². The standard InChI is InChI=1S/C18H23N3O3S/c1-13(2)14-5-7-15(8-6-14)23-11-16-19-20-18(24-16)25-12-17(22)21-9-3-4-10-21/h5-8,13H,3-4,9-12H2,1-2H3. The van der Waals surface area contributed by atoms with Crippen molar-refractivity contribution in [3.8, 4) is 5.75 Å². The zero-order valence-electron chi connectivity index (χ0n) is 14.6. The van der Waals surface area contributed by atoms with E-state index < -0.39 is 0 Å². The van der Waals surface area contributed by atoms with Gasteiger partial charge in [0.2, 0.25) is 5.91 Å². The SMILES string of the molecule is CC(C)c1ccc(OCc2nnc(SCC(=O)N3CCCC3)o2)cc1. The highest BCUT2D eigenvalue weighted by molar-refractivity contribution is 7.99. The average molecular weight is 361 g/mol. The molecule has 6 nitrogen and oxygen atoms in total. The number of thioether (sulfide) groups is 1. The van der Waals surface area contributed by atoms with Crippen LogP contribution in [0.25, 0.3) is 0 Å². The molecule has 0 atom stereocenters. The van der Waals surface area contributed by atoms with Crippen LogP contribution < -0.4 is 4.74 Å². The molecule has 3 rings (SSSR count). The van der Waals surface area contributed by atoms with Crippen LogP contribution in [0.15, 0.2) is 33.9 Å². The monoisotopic (exact) mass is 361 g/mol. The minimum Gasteiger partial charge on any atom is -0.484 e. The maximum Gasteiger partial charge on any atom is 0.277 e. The van der Waals surface area contributed by atoms with E-state index in [1.165, 1.54) is 17.3 Å². The molecule has 0 N–H and O–H groups in total. The lowest BCUT2D eigenvalue weighted by Crippen LogP contribution is -2.29. The normalized spacial score (nSPS) is 14.3. The van der Waals surface area contributed by atoms with Gasteiger partial charge in [0.25, 0.3) is 11.1 Å². The van der Waals surface area contributed by atoms with E-state index in [2.05, 4.69) is 36.2 Å². The van der Waals surface area contributed by atoms with Gasteiger partial charge in [-0.1, -0.05) is 37.7 Å². The second kappa shape index (κ2) is 8.38. The molecule has 134 valence electrons. The topological polar surface area (TPSA) is 68.5 Å². The van der Waals surface area contributed by atoms with Crippen molar-refractivity contribution in [1.82, 2.24) is 15.1 Å². The minimum atomic E-state index is 0.128. The lowest BCUT2D eigenvalue weighted by atomic mass is 10.0. The van der Waals surface area contributed by atoms with Gasteiger partial charge >= 0.3 is 0 Å². The molecule has 1 fully saturated rings. The van der Waals surface area contributed by atoms with Crippen LogP contribution in [0.5, 0.6) is 5.75 Å². The van der Waals surface area contributed by atoms with Crippen LogP contribution in [-0.2, 0) is 11.4 Å². The first-order chi connectivity index (χ1) is 12.1. The summed E-state index contributed by atoms with van der Waals surface area (Å²) in [6.45, 7) is 6.24. The number of hydrogen-bond donors (Lipinski definition) is 0. The first-order valence-electron chi connectivity index (χ1n) is 8.57. The molecule has 0 bridgehead atoms. The van der Waals surface area contributed by atoms with E-state index in [4.69, 9.17) is 9.15 Å². The number of carbonyl (C=O) groups excluding carboxylic acids is 1. The van der Waals surface area contributed by atoms with Crippen molar-refractivity contribution >= 4 is 17.7 Å². The number of rotatable bonds is 7. The van der Waals surface area contributed by atoms with E-state index in [0.29, 0.717) is 22.8 Å². The van der Waals surface area contributed by atoms with Crippen molar-refractivity contribution in [2.45, 2.75) is 44.4 Å². The molecule has 7 heteroatoms. The van der Waals surface area contributed by atoms with E-state index in [9.17, 15) is 4.79 Å².